The van der Waals surface area contributed by atoms with Gasteiger partial charge < -0.3 is 40.3 Å². The number of aliphatic hydroxyl groups is 1. The molecule has 4 N–H and O–H groups in total. The Hall–Kier alpha value is -2.32. The summed E-state index contributed by atoms with van der Waals surface area (Å²) in [5.74, 6) is -1.53. The van der Waals surface area contributed by atoms with E-state index in [0.29, 0.717) is 25.6 Å². The molecule has 50 heavy (non-hydrogen) atoms. The van der Waals surface area contributed by atoms with Gasteiger partial charge in [-0.1, -0.05) is 47.5 Å². The molecule has 4 amide bonds. The van der Waals surface area contributed by atoms with Crippen molar-refractivity contribution in [2.75, 3.05) is 55.0 Å². The first-order valence-electron chi connectivity index (χ1n) is 18.9. The number of hydrogen-bond donors (Lipinski definition) is 4. The van der Waals surface area contributed by atoms with E-state index in [1.807, 2.05) is 39.5 Å². The Balaban J connectivity index is 2.19. The van der Waals surface area contributed by atoms with Gasteiger partial charge in [-0.05, 0) is 71.5 Å². The van der Waals surface area contributed by atoms with Crippen LogP contribution < -0.4 is 16.0 Å². The van der Waals surface area contributed by atoms with E-state index in [1.54, 1.807) is 40.3 Å². The Bertz CT molecular complexity index is 1060. The number of carbonyl (C=O) groups excluding carboxylic acids is 4. The molecule has 0 aromatic heterocycles. The van der Waals surface area contributed by atoms with Gasteiger partial charge in [0.15, 0.2) is 0 Å². The smallest absolute Gasteiger partial charge is 0.247 e. The van der Waals surface area contributed by atoms with Gasteiger partial charge in [-0.2, -0.15) is 0 Å². The molecule has 0 aromatic carbocycles. The lowest BCUT2D eigenvalue weighted by atomic mass is 9.89. The van der Waals surface area contributed by atoms with E-state index in [1.165, 1.54) is 24.7 Å². The summed E-state index contributed by atoms with van der Waals surface area (Å²) in [6, 6.07) is -2.02. The van der Waals surface area contributed by atoms with Gasteiger partial charge in [-0.15, -0.1) is 0 Å². The van der Waals surface area contributed by atoms with Crippen LogP contribution in [0.2, 0.25) is 0 Å². The normalized spacial score (nSPS) is 23.0. The Morgan fingerprint density at radius 1 is 0.960 bits per heavy atom. The van der Waals surface area contributed by atoms with Crippen LogP contribution in [0.4, 0.5) is 0 Å². The van der Waals surface area contributed by atoms with E-state index >= 15 is 0 Å². The van der Waals surface area contributed by atoms with E-state index in [0.717, 1.165) is 32.2 Å². The third kappa shape index (κ3) is 11.9. The zero-order chi connectivity index (χ0) is 37.7. The molecule has 290 valence electrons. The molecule has 2 aliphatic rings. The Labute approximate surface area is 301 Å². The average Bonchev–Trinajstić information content (AvgIpc) is 3.56. The third-order valence-corrected chi connectivity index (χ3v) is 11.0. The first-order chi connectivity index (χ1) is 23.6. The van der Waals surface area contributed by atoms with Crippen LogP contribution in [0.5, 0.6) is 0 Å². The summed E-state index contributed by atoms with van der Waals surface area (Å²) in [4.78, 5) is 59.7. The standard InChI is InChI=1S/C37H70N6O7/c1-12-24(4)33(42(9)37(48)31(26(6)44)40-36(47)32(23(2)3)41(7)8)29(49-10)22-30(45)43-21-15-17-28(43)34(50-11)25(5)35(46)39-20-18-27-16-13-14-19-38-27/h23-29,31-34,38,44H,12-22H2,1-11H3,(H,39,46)(H,40,47)/t24-,25-,26-,27-,28+,29-,31+,32+,33-,34-/m1/s1. The second-order valence-electron chi connectivity index (χ2n) is 15.2. The summed E-state index contributed by atoms with van der Waals surface area (Å²) in [6.07, 6.45) is 4.39. The van der Waals surface area contributed by atoms with Crippen LogP contribution in [-0.2, 0) is 28.7 Å². The molecular weight excluding hydrogens is 640 g/mol. The van der Waals surface area contributed by atoms with Gasteiger partial charge in [0.25, 0.3) is 0 Å². The SMILES string of the molecule is CC[C@@H](C)[C@H]([C@@H](CC(=O)N1CCC[C@H]1[C@H](OC)[C@@H](C)C(=O)NCC[C@H]1CCCCN1)OC)N(C)C(=O)[C@@H](NC(=O)[C@H](C(C)C)N(C)C)[C@@H](C)O. The van der Waals surface area contributed by atoms with Crippen molar-refractivity contribution < 1.29 is 33.8 Å². The minimum absolute atomic E-state index is 0.0162. The quantitative estimate of drug-likeness (QED) is 0.149. The van der Waals surface area contributed by atoms with E-state index < -0.39 is 48.3 Å². The van der Waals surface area contributed by atoms with Gasteiger partial charge in [-0.3, -0.25) is 24.1 Å². The molecule has 0 aromatic rings. The monoisotopic (exact) mass is 711 g/mol. The second kappa shape index (κ2) is 21.3. The second-order valence-corrected chi connectivity index (χ2v) is 15.2. The average molecular weight is 711 g/mol. The van der Waals surface area contributed by atoms with Crippen molar-refractivity contribution in [1.29, 1.82) is 0 Å². The molecular formula is C37H70N6O7. The van der Waals surface area contributed by atoms with Gasteiger partial charge in [0.2, 0.25) is 23.6 Å². The fourth-order valence-electron chi connectivity index (χ4n) is 7.99. The number of hydrogen-bond acceptors (Lipinski definition) is 9. The highest BCUT2D eigenvalue weighted by Gasteiger charge is 2.43. The van der Waals surface area contributed by atoms with Crippen LogP contribution in [0, 0.1) is 17.8 Å². The van der Waals surface area contributed by atoms with Crippen molar-refractivity contribution in [2.24, 2.45) is 17.8 Å². The van der Waals surface area contributed by atoms with Crippen molar-refractivity contribution in [2.45, 2.75) is 141 Å². The Kier molecular flexibility index (Phi) is 18.6. The highest BCUT2D eigenvalue weighted by molar-refractivity contribution is 5.90. The molecule has 0 bridgehead atoms. The first kappa shape index (κ1) is 43.8. The number of carbonyl (C=O) groups is 4. The molecule has 13 heteroatoms. The van der Waals surface area contributed by atoms with Crippen LogP contribution in [0.25, 0.3) is 0 Å². The van der Waals surface area contributed by atoms with Gasteiger partial charge in [0.05, 0.1) is 48.8 Å². The summed E-state index contributed by atoms with van der Waals surface area (Å²) >= 11 is 0. The number of nitrogens with zero attached hydrogens (tertiary/aromatic N) is 3. The molecule has 2 saturated heterocycles. The highest BCUT2D eigenvalue weighted by Crippen LogP contribution is 2.29. The lowest BCUT2D eigenvalue weighted by molar-refractivity contribution is -0.149. The fraction of sp³-hybridized carbons (Fsp3) is 0.892. The number of aliphatic hydroxyl groups excluding tert-OH is 1. The van der Waals surface area contributed by atoms with Crippen molar-refractivity contribution in [3.63, 3.8) is 0 Å². The maximum atomic E-state index is 14.1. The zero-order valence-electron chi connectivity index (χ0n) is 32.9. The number of likely N-dealkylation sites (N-methyl/N-ethyl adjacent to an activating group) is 2. The molecule has 0 unspecified atom stereocenters. The summed E-state index contributed by atoms with van der Waals surface area (Å²) in [5, 5.41) is 20.1. The van der Waals surface area contributed by atoms with E-state index in [9.17, 15) is 24.3 Å². The molecule has 0 radical (unpaired) electrons. The molecule has 10 atom stereocenters. The number of piperidine rings is 1. The lowest BCUT2D eigenvalue weighted by Gasteiger charge is -2.41. The van der Waals surface area contributed by atoms with Gasteiger partial charge in [-0.25, -0.2) is 0 Å². The Morgan fingerprint density at radius 2 is 1.64 bits per heavy atom. The number of nitrogens with one attached hydrogen (secondary N) is 3. The van der Waals surface area contributed by atoms with Crippen molar-refractivity contribution in [3.05, 3.63) is 0 Å². The van der Waals surface area contributed by atoms with Gasteiger partial charge in [0, 0.05) is 40.4 Å². The number of rotatable bonds is 20. The summed E-state index contributed by atoms with van der Waals surface area (Å²) < 4.78 is 11.9. The van der Waals surface area contributed by atoms with E-state index in [-0.39, 0.29) is 42.0 Å². The maximum absolute atomic E-state index is 14.1. The van der Waals surface area contributed by atoms with Crippen LogP contribution in [0.3, 0.4) is 0 Å². The fourth-order valence-corrected chi connectivity index (χ4v) is 7.99. The molecule has 2 heterocycles. The molecule has 0 saturated carbocycles. The van der Waals surface area contributed by atoms with Gasteiger partial charge in [0.1, 0.15) is 6.04 Å². The molecule has 2 rings (SSSR count). The van der Waals surface area contributed by atoms with Crippen molar-refractivity contribution in [3.8, 4) is 0 Å². The van der Waals surface area contributed by atoms with E-state index in [4.69, 9.17) is 9.47 Å². The topological polar surface area (TPSA) is 153 Å². The van der Waals surface area contributed by atoms with Gasteiger partial charge >= 0.3 is 0 Å². The van der Waals surface area contributed by atoms with Crippen LogP contribution in [-0.4, -0.2) is 147 Å². The molecule has 13 nitrogen and oxygen atoms in total. The molecule has 2 aliphatic heterocycles. The minimum atomic E-state index is -1.18. The number of methoxy groups -OCH3 is 2. The van der Waals surface area contributed by atoms with Crippen LogP contribution >= 0.6 is 0 Å². The minimum Gasteiger partial charge on any atom is -0.391 e. The largest absolute Gasteiger partial charge is 0.391 e. The molecule has 0 aliphatic carbocycles. The Morgan fingerprint density at radius 3 is 2.16 bits per heavy atom. The highest BCUT2D eigenvalue weighted by atomic mass is 16.5. The number of likely N-dealkylation sites (tertiary alicyclic amines) is 1. The zero-order valence-corrected chi connectivity index (χ0v) is 32.9. The predicted octanol–water partition coefficient (Wildman–Crippen LogP) is 2.01. The first-order valence-corrected chi connectivity index (χ1v) is 18.9. The van der Waals surface area contributed by atoms with Crippen molar-refractivity contribution >= 4 is 23.6 Å². The lowest BCUT2D eigenvalue weighted by Crippen LogP contribution is -2.61. The summed E-state index contributed by atoms with van der Waals surface area (Å²) in [5.41, 5.74) is 0. The van der Waals surface area contributed by atoms with E-state index in [2.05, 4.69) is 16.0 Å². The molecule has 2 fully saturated rings. The number of amides is 4. The van der Waals surface area contributed by atoms with Crippen molar-refractivity contribution in [1.82, 2.24) is 30.7 Å². The molecule has 0 spiro atoms. The number of ether oxygens (including phenoxy) is 2. The summed E-state index contributed by atoms with van der Waals surface area (Å²) in [7, 11) is 8.39. The summed E-state index contributed by atoms with van der Waals surface area (Å²) in [6.45, 7) is 13.4. The third-order valence-electron chi connectivity index (χ3n) is 11.0. The maximum Gasteiger partial charge on any atom is 0.247 e. The van der Waals surface area contributed by atoms with Crippen LogP contribution in [0.1, 0.15) is 92.9 Å². The predicted molar refractivity (Wildman–Crippen MR) is 195 cm³/mol. The van der Waals surface area contributed by atoms with Crippen LogP contribution in [0.15, 0.2) is 0 Å².